The Labute approximate surface area is 170 Å². The van der Waals surface area contributed by atoms with Crippen molar-refractivity contribution in [2.45, 2.75) is 79.1 Å². The molecule has 3 heteroatoms. The number of ether oxygens (including phenoxy) is 1. The van der Waals surface area contributed by atoms with Gasteiger partial charge in [-0.1, -0.05) is 45.8 Å². The van der Waals surface area contributed by atoms with Gasteiger partial charge in [-0.25, -0.2) is 0 Å². The maximum absolute atomic E-state index is 12.3. The molecule has 0 aromatic carbocycles. The number of carbonyl (C=O) groups is 1. The first-order valence-corrected chi connectivity index (χ1v) is 11.7. The summed E-state index contributed by atoms with van der Waals surface area (Å²) in [5, 5.41) is 10.1. The predicted molar refractivity (Wildman–Crippen MR) is 110 cm³/mol. The third-order valence-corrected chi connectivity index (χ3v) is 10.8. The molecule has 0 aromatic heterocycles. The van der Waals surface area contributed by atoms with Gasteiger partial charge in [0.2, 0.25) is 0 Å². The lowest BCUT2D eigenvalue weighted by molar-refractivity contribution is -0.192. The van der Waals surface area contributed by atoms with E-state index in [4.69, 9.17) is 4.74 Å². The SMILES string of the molecule is CC1CCC2(C)C3CCC4C5(C)CCCC4(COC5)C3=CCC2(C)C1C(=O)O. The van der Waals surface area contributed by atoms with Crippen molar-refractivity contribution in [3.8, 4) is 0 Å². The highest BCUT2D eigenvalue weighted by Gasteiger charge is 2.66. The summed E-state index contributed by atoms with van der Waals surface area (Å²) in [5.74, 6) is 0.780. The number of hydrogen-bond donors (Lipinski definition) is 1. The van der Waals surface area contributed by atoms with E-state index in [9.17, 15) is 9.90 Å². The number of allylic oxidation sites excluding steroid dienone is 1. The van der Waals surface area contributed by atoms with Crippen LogP contribution in [0, 0.1) is 45.3 Å². The molecule has 3 nitrogen and oxygen atoms in total. The summed E-state index contributed by atoms with van der Waals surface area (Å²) in [5.41, 5.74) is 2.22. The lowest BCUT2D eigenvalue weighted by Gasteiger charge is -2.68. The Morgan fingerprint density at radius 2 is 1.86 bits per heavy atom. The molecule has 4 aliphatic carbocycles. The second kappa shape index (κ2) is 5.86. The summed E-state index contributed by atoms with van der Waals surface area (Å²) in [6.45, 7) is 11.2. The van der Waals surface area contributed by atoms with Crippen molar-refractivity contribution >= 4 is 5.97 Å². The van der Waals surface area contributed by atoms with Gasteiger partial charge in [0.15, 0.2) is 0 Å². The van der Waals surface area contributed by atoms with Crippen molar-refractivity contribution in [3.05, 3.63) is 11.6 Å². The number of fused-ring (bicyclic) bond motifs is 3. The second-order valence-electron chi connectivity index (χ2n) is 11.9. The third-order valence-electron chi connectivity index (χ3n) is 10.8. The van der Waals surface area contributed by atoms with Crippen molar-refractivity contribution in [3.63, 3.8) is 0 Å². The summed E-state index contributed by atoms with van der Waals surface area (Å²) < 4.78 is 6.28. The van der Waals surface area contributed by atoms with Gasteiger partial charge < -0.3 is 9.84 Å². The Morgan fingerprint density at radius 1 is 1.07 bits per heavy atom. The lowest BCUT2D eigenvalue weighted by Crippen LogP contribution is -2.63. The molecule has 0 amide bonds. The fraction of sp³-hybridized carbons (Fsp3) is 0.880. The molecule has 1 N–H and O–H groups in total. The highest BCUT2D eigenvalue weighted by atomic mass is 16.5. The van der Waals surface area contributed by atoms with E-state index in [1.54, 1.807) is 5.57 Å². The maximum Gasteiger partial charge on any atom is 0.307 e. The van der Waals surface area contributed by atoms with Crippen LogP contribution >= 0.6 is 0 Å². The van der Waals surface area contributed by atoms with Crippen LogP contribution in [0.1, 0.15) is 79.1 Å². The molecule has 5 aliphatic rings. The van der Waals surface area contributed by atoms with Gasteiger partial charge in [-0.15, -0.1) is 0 Å². The maximum atomic E-state index is 12.3. The second-order valence-corrected chi connectivity index (χ2v) is 11.9. The first kappa shape index (κ1) is 19.2. The molecule has 8 unspecified atom stereocenters. The number of carboxylic acids is 1. The Morgan fingerprint density at radius 3 is 2.61 bits per heavy atom. The molecule has 156 valence electrons. The topological polar surface area (TPSA) is 46.5 Å². The van der Waals surface area contributed by atoms with Gasteiger partial charge in [-0.2, -0.15) is 0 Å². The molecule has 1 aliphatic heterocycles. The van der Waals surface area contributed by atoms with Crippen LogP contribution in [0.3, 0.4) is 0 Å². The smallest absolute Gasteiger partial charge is 0.307 e. The van der Waals surface area contributed by atoms with Gasteiger partial charge in [0.25, 0.3) is 0 Å². The molecular formula is C25H38O3. The van der Waals surface area contributed by atoms with E-state index in [0.29, 0.717) is 11.3 Å². The number of aliphatic carboxylic acids is 1. The van der Waals surface area contributed by atoms with Crippen LogP contribution in [0.5, 0.6) is 0 Å². The zero-order valence-electron chi connectivity index (χ0n) is 18.2. The van der Waals surface area contributed by atoms with E-state index in [2.05, 4.69) is 33.8 Å². The summed E-state index contributed by atoms with van der Waals surface area (Å²) >= 11 is 0. The minimum atomic E-state index is -0.573. The molecule has 2 bridgehead atoms. The summed E-state index contributed by atoms with van der Waals surface area (Å²) in [6.07, 6.45) is 12.2. The summed E-state index contributed by atoms with van der Waals surface area (Å²) in [4.78, 5) is 12.3. The van der Waals surface area contributed by atoms with Crippen molar-refractivity contribution in [1.82, 2.24) is 0 Å². The summed E-state index contributed by atoms with van der Waals surface area (Å²) in [6, 6.07) is 0. The molecular weight excluding hydrogens is 348 g/mol. The average Bonchev–Trinajstić information content (AvgIpc) is 2.61. The van der Waals surface area contributed by atoms with E-state index in [0.717, 1.165) is 32.0 Å². The third kappa shape index (κ3) is 2.13. The van der Waals surface area contributed by atoms with Crippen LogP contribution in [-0.4, -0.2) is 24.3 Å². The zero-order chi connectivity index (χ0) is 19.9. The number of carboxylic acid groups (broad SMARTS) is 1. The fourth-order valence-electron chi connectivity index (χ4n) is 9.26. The number of rotatable bonds is 1. The minimum Gasteiger partial charge on any atom is -0.481 e. The molecule has 0 radical (unpaired) electrons. The van der Waals surface area contributed by atoms with Crippen LogP contribution in [0.4, 0.5) is 0 Å². The van der Waals surface area contributed by atoms with E-state index in [1.807, 2.05) is 0 Å². The van der Waals surface area contributed by atoms with E-state index in [-0.39, 0.29) is 28.1 Å². The quantitative estimate of drug-likeness (QED) is 0.589. The van der Waals surface area contributed by atoms with Crippen molar-refractivity contribution in [2.24, 2.45) is 45.3 Å². The molecule has 1 heterocycles. The van der Waals surface area contributed by atoms with Gasteiger partial charge in [0.1, 0.15) is 0 Å². The van der Waals surface area contributed by atoms with Gasteiger partial charge in [-0.3, -0.25) is 4.79 Å². The minimum absolute atomic E-state index is 0.0949. The lowest BCUT2D eigenvalue weighted by atomic mass is 9.37. The van der Waals surface area contributed by atoms with Crippen LogP contribution in [0.15, 0.2) is 11.6 Å². The molecule has 0 aromatic rings. The average molecular weight is 387 g/mol. The molecule has 5 rings (SSSR count). The van der Waals surface area contributed by atoms with Crippen LogP contribution < -0.4 is 0 Å². The Balaban J connectivity index is 1.62. The van der Waals surface area contributed by atoms with Crippen molar-refractivity contribution in [2.75, 3.05) is 13.2 Å². The summed E-state index contributed by atoms with van der Waals surface area (Å²) in [7, 11) is 0. The normalized spacial score (nSPS) is 55.4. The molecule has 8 atom stereocenters. The van der Waals surface area contributed by atoms with E-state index < -0.39 is 5.97 Å². The molecule has 0 spiro atoms. The van der Waals surface area contributed by atoms with Crippen LogP contribution in [-0.2, 0) is 9.53 Å². The first-order valence-electron chi connectivity index (χ1n) is 11.7. The standard InChI is InChI=1S/C25H38O3/c1-16-8-12-23(3)17-6-7-19-22(2)10-5-11-25(19,15-28-14-22)18(17)9-13-24(23,4)20(16)21(26)27/h9,16-17,19-20H,5-8,10-15H2,1-4H3,(H,26,27). The Kier molecular flexibility index (Phi) is 4.01. The predicted octanol–water partition coefficient (Wildman–Crippen LogP) is 5.69. The van der Waals surface area contributed by atoms with Gasteiger partial charge in [0, 0.05) is 5.41 Å². The van der Waals surface area contributed by atoms with Crippen LogP contribution in [0.25, 0.3) is 0 Å². The fourth-order valence-corrected chi connectivity index (χ4v) is 9.26. The van der Waals surface area contributed by atoms with Gasteiger partial charge in [-0.05, 0) is 78.9 Å². The molecule has 4 fully saturated rings. The van der Waals surface area contributed by atoms with Gasteiger partial charge >= 0.3 is 5.97 Å². The largest absolute Gasteiger partial charge is 0.481 e. The zero-order valence-corrected chi connectivity index (χ0v) is 18.2. The van der Waals surface area contributed by atoms with Gasteiger partial charge in [0.05, 0.1) is 19.1 Å². The Hall–Kier alpha value is -0.830. The van der Waals surface area contributed by atoms with E-state index in [1.165, 1.54) is 38.5 Å². The molecule has 1 saturated heterocycles. The monoisotopic (exact) mass is 386 g/mol. The Bertz CT molecular complexity index is 713. The molecule has 3 saturated carbocycles. The van der Waals surface area contributed by atoms with Crippen molar-refractivity contribution in [1.29, 1.82) is 0 Å². The van der Waals surface area contributed by atoms with Crippen molar-refractivity contribution < 1.29 is 14.6 Å². The van der Waals surface area contributed by atoms with E-state index >= 15 is 0 Å². The highest BCUT2D eigenvalue weighted by molar-refractivity contribution is 5.72. The molecule has 28 heavy (non-hydrogen) atoms. The van der Waals surface area contributed by atoms with Crippen LogP contribution in [0.2, 0.25) is 0 Å². The highest BCUT2D eigenvalue weighted by Crippen LogP contribution is 2.72. The first-order chi connectivity index (χ1) is 13.2. The number of hydrogen-bond acceptors (Lipinski definition) is 2.